The summed E-state index contributed by atoms with van der Waals surface area (Å²) in [5.41, 5.74) is 3.42. The van der Waals surface area contributed by atoms with E-state index in [0.717, 1.165) is 31.4 Å². The van der Waals surface area contributed by atoms with Crippen molar-refractivity contribution in [2.24, 2.45) is 0 Å². The maximum Gasteiger partial charge on any atom is 0.200 e. The first-order valence-electron chi connectivity index (χ1n) is 11.2. The quantitative estimate of drug-likeness (QED) is 0.390. The molecule has 1 aliphatic rings. The van der Waals surface area contributed by atoms with Gasteiger partial charge in [0.25, 0.3) is 0 Å². The number of hydrogen-bond acceptors (Lipinski definition) is 5. The fourth-order valence-corrected chi connectivity index (χ4v) is 4.98. The van der Waals surface area contributed by atoms with Crippen LogP contribution in [0.15, 0.2) is 70.1 Å². The molecular weight excluding hydrogens is 436 g/mol. The van der Waals surface area contributed by atoms with E-state index < -0.39 is 0 Å². The van der Waals surface area contributed by atoms with Crippen LogP contribution in [0.1, 0.15) is 42.2 Å². The molecule has 1 fully saturated rings. The number of likely N-dealkylation sites (tertiary alicyclic amines) is 1. The van der Waals surface area contributed by atoms with Crippen molar-refractivity contribution >= 4 is 22.6 Å². The van der Waals surface area contributed by atoms with Crippen molar-refractivity contribution < 1.29 is 9.52 Å². The molecule has 0 aliphatic carbocycles. The molecule has 2 aromatic heterocycles. The Kier molecular flexibility index (Phi) is 5.92. The number of halogens is 1. The van der Waals surface area contributed by atoms with Crippen LogP contribution in [0.4, 0.5) is 0 Å². The van der Waals surface area contributed by atoms with Crippen LogP contribution in [0.5, 0.6) is 5.75 Å². The van der Waals surface area contributed by atoms with Crippen LogP contribution in [-0.4, -0.2) is 21.5 Å². The summed E-state index contributed by atoms with van der Waals surface area (Å²) in [5, 5.41) is 11.9. The second-order valence-corrected chi connectivity index (χ2v) is 9.01. The van der Waals surface area contributed by atoms with Gasteiger partial charge in [0.2, 0.25) is 5.43 Å². The zero-order chi connectivity index (χ0) is 22.9. The minimum Gasteiger partial charge on any atom is -0.507 e. The molecule has 0 bridgehead atoms. The molecule has 0 saturated carbocycles. The van der Waals surface area contributed by atoms with Crippen LogP contribution in [0.3, 0.4) is 0 Å². The van der Waals surface area contributed by atoms with Crippen LogP contribution in [-0.2, 0) is 6.54 Å². The molecule has 5 rings (SSSR count). The zero-order valence-corrected chi connectivity index (χ0v) is 19.2. The Labute approximate surface area is 197 Å². The van der Waals surface area contributed by atoms with Gasteiger partial charge in [-0.05, 0) is 67.8 Å². The van der Waals surface area contributed by atoms with E-state index in [1.165, 1.54) is 5.56 Å². The molecule has 6 heteroatoms. The molecule has 1 aliphatic heterocycles. The minimum atomic E-state index is -0.111. The number of pyridine rings is 1. The normalized spacial score (nSPS) is 16.8. The summed E-state index contributed by atoms with van der Waals surface area (Å²) in [6.45, 7) is 3.19. The van der Waals surface area contributed by atoms with E-state index in [0.29, 0.717) is 39.4 Å². The molecule has 0 radical (unpaired) electrons. The van der Waals surface area contributed by atoms with Gasteiger partial charge in [0.1, 0.15) is 17.1 Å². The van der Waals surface area contributed by atoms with Gasteiger partial charge < -0.3 is 9.52 Å². The summed E-state index contributed by atoms with van der Waals surface area (Å²) in [6.07, 6.45) is 6.96. The number of aromatic hydroxyl groups is 1. The van der Waals surface area contributed by atoms with Gasteiger partial charge in [0.05, 0.1) is 16.5 Å². The molecular formula is C27H25ClN2O3. The first-order chi connectivity index (χ1) is 16.0. The lowest BCUT2D eigenvalue weighted by Crippen LogP contribution is -2.33. The van der Waals surface area contributed by atoms with Gasteiger partial charge in [-0.3, -0.25) is 14.7 Å². The molecule has 5 nitrogen and oxygen atoms in total. The molecule has 4 aromatic rings. The summed E-state index contributed by atoms with van der Waals surface area (Å²) in [5.74, 6) is 0.656. The van der Waals surface area contributed by atoms with Gasteiger partial charge in [-0.2, -0.15) is 0 Å². The molecule has 1 saturated heterocycles. The molecule has 0 amide bonds. The van der Waals surface area contributed by atoms with Crippen molar-refractivity contribution in [1.29, 1.82) is 0 Å². The molecule has 33 heavy (non-hydrogen) atoms. The average Bonchev–Trinajstić information content (AvgIpc) is 2.83. The highest BCUT2D eigenvalue weighted by atomic mass is 35.5. The predicted octanol–water partition coefficient (Wildman–Crippen LogP) is 6.25. The third-order valence-corrected chi connectivity index (χ3v) is 6.74. The standard InChI is InChI=1S/C27H25ClN2O3/c1-17-25(18-7-9-20(28)10-8-18)26(32)21-11-12-24(31)22(27(21)33-17)16-30-14-3-2-6-23(30)19-5-4-13-29-15-19/h4-5,7-13,15,23,31H,2-3,6,14,16H2,1H3/t23-/m0/s1. The van der Waals surface area contributed by atoms with E-state index in [1.54, 1.807) is 37.4 Å². The summed E-state index contributed by atoms with van der Waals surface area (Å²) in [7, 11) is 0. The Balaban J connectivity index is 1.59. The first kappa shape index (κ1) is 21.7. The second-order valence-electron chi connectivity index (χ2n) is 8.58. The van der Waals surface area contributed by atoms with Gasteiger partial charge in [0, 0.05) is 30.0 Å². The maximum atomic E-state index is 13.5. The maximum absolute atomic E-state index is 13.5. The van der Waals surface area contributed by atoms with Gasteiger partial charge in [0.15, 0.2) is 0 Å². The number of aromatic nitrogens is 1. The van der Waals surface area contributed by atoms with Crippen LogP contribution < -0.4 is 5.43 Å². The molecule has 1 atom stereocenters. The highest BCUT2D eigenvalue weighted by Crippen LogP contribution is 2.36. The first-order valence-corrected chi connectivity index (χ1v) is 11.6. The molecule has 168 valence electrons. The third-order valence-electron chi connectivity index (χ3n) is 6.49. The largest absolute Gasteiger partial charge is 0.507 e. The van der Waals surface area contributed by atoms with Gasteiger partial charge in [-0.1, -0.05) is 36.2 Å². The molecule has 3 heterocycles. The van der Waals surface area contributed by atoms with Crippen molar-refractivity contribution in [2.75, 3.05) is 6.54 Å². The van der Waals surface area contributed by atoms with E-state index in [1.807, 2.05) is 24.4 Å². The predicted molar refractivity (Wildman–Crippen MR) is 131 cm³/mol. The van der Waals surface area contributed by atoms with Crippen LogP contribution in [0.2, 0.25) is 5.02 Å². The Bertz CT molecular complexity index is 1350. The number of nitrogens with zero attached hydrogens (tertiary/aromatic N) is 2. The Morgan fingerprint density at radius 1 is 1.15 bits per heavy atom. The fourth-order valence-electron chi connectivity index (χ4n) is 4.85. The van der Waals surface area contributed by atoms with Crippen LogP contribution >= 0.6 is 11.6 Å². The lowest BCUT2D eigenvalue weighted by Gasteiger charge is -2.36. The summed E-state index contributed by atoms with van der Waals surface area (Å²) in [4.78, 5) is 20.1. The Morgan fingerprint density at radius 3 is 2.73 bits per heavy atom. The van der Waals surface area contributed by atoms with Crippen molar-refractivity contribution in [2.45, 2.75) is 38.8 Å². The number of phenols is 1. The van der Waals surface area contributed by atoms with Crippen molar-refractivity contribution in [3.63, 3.8) is 0 Å². The fraction of sp³-hybridized carbons (Fsp3) is 0.259. The lowest BCUT2D eigenvalue weighted by atomic mass is 9.95. The molecule has 0 unspecified atom stereocenters. The molecule has 2 aromatic carbocycles. The third kappa shape index (κ3) is 4.14. The minimum absolute atomic E-state index is 0.111. The van der Waals surface area contributed by atoms with Gasteiger partial charge in [-0.25, -0.2) is 0 Å². The average molecular weight is 461 g/mol. The summed E-state index contributed by atoms with van der Waals surface area (Å²) in [6, 6.07) is 14.7. The smallest absolute Gasteiger partial charge is 0.200 e. The van der Waals surface area contributed by atoms with E-state index in [-0.39, 0.29) is 17.2 Å². The van der Waals surface area contributed by atoms with E-state index in [2.05, 4.69) is 16.0 Å². The SMILES string of the molecule is Cc1oc2c(CN3CCCC[C@H]3c3cccnc3)c(O)ccc2c(=O)c1-c1ccc(Cl)cc1. The molecule has 1 N–H and O–H groups in total. The lowest BCUT2D eigenvalue weighted by molar-refractivity contribution is 0.139. The van der Waals surface area contributed by atoms with Crippen molar-refractivity contribution in [3.05, 3.63) is 93.1 Å². The number of benzene rings is 2. The Hall–Kier alpha value is -3.15. The van der Waals surface area contributed by atoms with Crippen molar-refractivity contribution in [3.8, 4) is 16.9 Å². The van der Waals surface area contributed by atoms with Crippen LogP contribution in [0, 0.1) is 6.92 Å². The number of hydrogen-bond donors (Lipinski definition) is 1. The summed E-state index contributed by atoms with van der Waals surface area (Å²) < 4.78 is 6.22. The van der Waals surface area contributed by atoms with E-state index >= 15 is 0 Å². The van der Waals surface area contributed by atoms with Gasteiger partial charge in [-0.15, -0.1) is 0 Å². The number of phenolic OH excluding ortho intramolecular Hbond substituents is 1. The van der Waals surface area contributed by atoms with Crippen LogP contribution in [0.25, 0.3) is 22.1 Å². The number of fused-ring (bicyclic) bond motifs is 1. The van der Waals surface area contributed by atoms with E-state index in [9.17, 15) is 9.90 Å². The number of rotatable bonds is 4. The highest BCUT2D eigenvalue weighted by molar-refractivity contribution is 6.30. The zero-order valence-electron chi connectivity index (χ0n) is 18.4. The van der Waals surface area contributed by atoms with Crippen molar-refractivity contribution in [1.82, 2.24) is 9.88 Å². The topological polar surface area (TPSA) is 66.6 Å². The molecule has 0 spiro atoms. The monoisotopic (exact) mass is 460 g/mol. The van der Waals surface area contributed by atoms with E-state index in [4.69, 9.17) is 16.0 Å². The van der Waals surface area contributed by atoms with Gasteiger partial charge >= 0.3 is 0 Å². The summed E-state index contributed by atoms with van der Waals surface area (Å²) >= 11 is 6.02. The number of aryl methyl sites for hydroxylation is 1. The highest BCUT2D eigenvalue weighted by Gasteiger charge is 2.27. The second kappa shape index (κ2) is 9.00. The Morgan fingerprint density at radius 2 is 1.97 bits per heavy atom. The number of piperidine rings is 1.